The van der Waals surface area contributed by atoms with Crippen LogP contribution in [0.5, 0.6) is 46.0 Å². The lowest BCUT2D eigenvalue weighted by atomic mass is 9.86. The van der Waals surface area contributed by atoms with Gasteiger partial charge in [-0.15, -0.1) is 0 Å². The fourth-order valence-corrected chi connectivity index (χ4v) is 13.4. The minimum absolute atomic E-state index is 0.0699. The van der Waals surface area contributed by atoms with Gasteiger partial charge in [0.1, 0.15) is 102 Å². The zero-order chi connectivity index (χ0) is 78.1. The Morgan fingerprint density at radius 3 is 1.94 bits per heavy atom. The number of phenolic OH excluding ortho intramolecular Hbond substituents is 3. The van der Waals surface area contributed by atoms with Crippen LogP contribution in [0, 0.1) is 5.92 Å². The molecule has 2 saturated heterocycles. The summed E-state index contributed by atoms with van der Waals surface area (Å²) in [5.74, 6) is -16.7. The first kappa shape index (κ1) is 78.6. The summed E-state index contributed by atoms with van der Waals surface area (Å²) in [5.41, 5.74) is 8.33. The zero-order valence-electron chi connectivity index (χ0n) is 57.7. The van der Waals surface area contributed by atoms with Crippen LogP contribution in [-0.2, 0) is 64.0 Å². The van der Waals surface area contributed by atoms with Crippen molar-refractivity contribution in [1.82, 2.24) is 31.9 Å². The number of benzene rings is 6. The molecular formula is C72H77Cl2N9O25. The Labute approximate surface area is 623 Å². The molecule has 2 fully saturated rings. The van der Waals surface area contributed by atoms with Crippen molar-refractivity contribution in [2.45, 2.75) is 157 Å². The van der Waals surface area contributed by atoms with Crippen LogP contribution in [0.4, 0.5) is 0 Å². The first-order valence-corrected chi connectivity index (χ1v) is 34.5. The number of aliphatic hydroxyl groups is 6. The lowest BCUT2D eigenvalue weighted by molar-refractivity contribution is -0.333. The number of nitrogens with one attached hydrogen (secondary N) is 6. The molecule has 7 heterocycles. The third-order valence-corrected chi connectivity index (χ3v) is 19.1. The number of nitrogens with zero attached hydrogens (tertiary/aromatic N) is 1. The number of carbonyl (C=O) groups is 8. The summed E-state index contributed by atoms with van der Waals surface area (Å²) in [6.07, 6.45) is -19.1. The van der Waals surface area contributed by atoms with Crippen molar-refractivity contribution < 1.29 is 123 Å². The molecule has 574 valence electrons. The van der Waals surface area contributed by atoms with Gasteiger partial charge in [0.25, 0.3) is 5.91 Å². The number of fused-ring (bicyclic) bond motifs is 15. The number of primary amides is 1. The van der Waals surface area contributed by atoms with Crippen LogP contribution in [0.15, 0.2) is 114 Å². The third kappa shape index (κ3) is 17.1. The highest BCUT2D eigenvalue weighted by molar-refractivity contribution is 6.39. The van der Waals surface area contributed by atoms with E-state index in [1.807, 2.05) is 0 Å². The predicted molar refractivity (Wildman–Crippen MR) is 375 cm³/mol. The molecule has 20 N–H and O–H groups in total. The Morgan fingerprint density at radius 2 is 1.32 bits per heavy atom. The zero-order valence-corrected chi connectivity index (χ0v) is 59.2. The smallest absolute Gasteiger partial charge is 0.330 e. The monoisotopic (exact) mass is 1540 g/mol. The van der Waals surface area contributed by atoms with Crippen molar-refractivity contribution in [3.8, 4) is 57.1 Å². The van der Waals surface area contributed by atoms with Crippen molar-refractivity contribution in [2.75, 3.05) is 6.61 Å². The summed E-state index contributed by atoms with van der Waals surface area (Å²) in [6, 6.07) is 8.64. The average Bonchev–Trinajstić information content (AvgIpc) is 0.762. The molecule has 0 radical (unpaired) electrons. The Bertz CT molecular complexity index is 4520. The number of aromatic hydroxyl groups is 3. The van der Waals surface area contributed by atoms with E-state index in [4.69, 9.17) is 67.9 Å². The highest BCUT2D eigenvalue weighted by Gasteiger charge is 2.52. The van der Waals surface area contributed by atoms with Crippen LogP contribution in [0.25, 0.3) is 11.1 Å². The number of carbonyl (C=O) groups excluding carboxylic acids is 7. The molecule has 6 aromatic rings. The van der Waals surface area contributed by atoms with Crippen LogP contribution in [0.1, 0.15) is 111 Å². The molecule has 7 amide bonds. The Balaban J connectivity index is 1.14. The molecule has 7 aliphatic heterocycles. The van der Waals surface area contributed by atoms with Gasteiger partial charge in [0.2, 0.25) is 47.5 Å². The number of halogens is 2. The van der Waals surface area contributed by atoms with E-state index >= 15 is 19.2 Å². The van der Waals surface area contributed by atoms with E-state index in [2.05, 4.69) is 37.1 Å². The highest BCUT2D eigenvalue weighted by Crippen LogP contribution is 2.50. The maximum atomic E-state index is 16.1. The van der Waals surface area contributed by atoms with Gasteiger partial charge in [0, 0.05) is 41.1 Å². The summed E-state index contributed by atoms with van der Waals surface area (Å²) in [4.78, 5) is 124. The Hall–Kier alpha value is -10.5. The summed E-state index contributed by atoms with van der Waals surface area (Å²) in [6.45, 7) is 5.40. The van der Waals surface area contributed by atoms with Crippen LogP contribution in [0.2, 0.25) is 10.0 Å². The molecule has 0 aromatic heterocycles. The number of rotatable bonds is 15. The maximum absolute atomic E-state index is 16.1. The van der Waals surface area contributed by atoms with Crippen LogP contribution < -0.4 is 57.6 Å². The highest BCUT2D eigenvalue weighted by atomic mass is 35.5. The van der Waals surface area contributed by atoms with Crippen LogP contribution in [-0.4, -0.2) is 184 Å². The predicted octanol–water partition coefficient (Wildman–Crippen LogP) is 2.09. The molecule has 7 aliphatic rings. The second kappa shape index (κ2) is 32.5. The lowest BCUT2D eigenvalue weighted by Crippen LogP contribution is -2.64. The number of oxime groups is 1. The number of aliphatic carboxylic acids is 1. The van der Waals surface area contributed by atoms with Crippen LogP contribution in [0.3, 0.4) is 0 Å². The van der Waals surface area contributed by atoms with E-state index in [-0.39, 0.29) is 53.5 Å². The number of carboxylic acid groups (broad SMARTS) is 1. The SMILES string of the molecule is CC(C)C/C(=N\OCc1ccccc1)C(=O)N[C@H]1C(=O)N[C@@H](CC(N)=O)C(=O)N[C@H]2C(=O)N[C@H]3C(=O)N[C@H](C(=O)N[C@H](C(=O)O)c4cc(O)cc(O)c4-c4cc3ccc4O)[C@H](O)c3ccc(c(Cl)c3)Oc3cc2cc(c3O[C@@H]2O[C@H](CO)[C@@H](O)[C@H](O)[C@H]2O[C@H]2C[C@](C)(N)[C@H](O)[C@H](C)O2)Oc2ccc(cc2Cl)[C@H]1O. The molecule has 0 unspecified atom stereocenters. The maximum Gasteiger partial charge on any atom is 0.330 e. The topological polar surface area (TPSA) is 540 Å². The number of phenols is 3. The van der Waals surface area contributed by atoms with E-state index in [9.17, 15) is 70.2 Å². The number of hydrogen-bond acceptors (Lipinski definition) is 26. The minimum atomic E-state index is -2.38. The van der Waals surface area contributed by atoms with E-state index in [1.165, 1.54) is 26.0 Å². The Morgan fingerprint density at radius 1 is 0.704 bits per heavy atom. The molecule has 34 nitrogen and oxygen atoms in total. The lowest BCUT2D eigenvalue weighted by Gasteiger charge is -2.47. The van der Waals surface area contributed by atoms with Crippen molar-refractivity contribution in [2.24, 2.45) is 22.5 Å². The molecule has 17 atom stereocenters. The molecular weight excluding hydrogens is 1460 g/mol. The second-order valence-electron chi connectivity index (χ2n) is 27.1. The Kier molecular flexibility index (Phi) is 23.7. The normalized spacial score (nSPS) is 28.1. The fourth-order valence-electron chi connectivity index (χ4n) is 13.0. The van der Waals surface area contributed by atoms with Gasteiger partial charge in [-0.3, -0.25) is 33.6 Å². The number of hydrogen-bond donors (Lipinski definition) is 18. The number of nitrogens with two attached hydrogens (primary N) is 2. The summed E-state index contributed by atoms with van der Waals surface area (Å²) in [5, 5.41) is 132. The quantitative estimate of drug-likeness (QED) is 0.0517. The van der Waals surface area contributed by atoms with Gasteiger partial charge in [-0.05, 0) is 102 Å². The van der Waals surface area contributed by atoms with Gasteiger partial charge in [-0.1, -0.05) is 90.7 Å². The number of carboxylic acids is 1. The molecule has 13 rings (SSSR count). The molecule has 6 aromatic carbocycles. The third-order valence-electron chi connectivity index (χ3n) is 18.5. The first-order chi connectivity index (χ1) is 51.2. The largest absolute Gasteiger partial charge is 0.508 e. The molecule has 11 bridgehead atoms. The average molecular weight is 1540 g/mol. The second-order valence-corrected chi connectivity index (χ2v) is 27.9. The molecule has 0 saturated carbocycles. The van der Waals surface area contributed by atoms with Crippen molar-refractivity contribution in [3.05, 3.63) is 153 Å². The van der Waals surface area contributed by atoms with Crippen molar-refractivity contribution in [3.63, 3.8) is 0 Å². The van der Waals surface area contributed by atoms with E-state index < -0.39 is 236 Å². The number of amides is 7. The molecule has 108 heavy (non-hydrogen) atoms. The van der Waals surface area contributed by atoms with Gasteiger partial charge >= 0.3 is 5.97 Å². The van der Waals surface area contributed by atoms with Gasteiger partial charge < -0.3 is 128 Å². The molecule has 0 spiro atoms. The van der Waals surface area contributed by atoms with E-state index in [0.717, 1.165) is 66.7 Å². The molecule has 36 heteroatoms. The summed E-state index contributed by atoms with van der Waals surface area (Å²) in [7, 11) is 0. The van der Waals surface area contributed by atoms with Gasteiger partial charge in [0.15, 0.2) is 29.9 Å². The van der Waals surface area contributed by atoms with E-state index in [1.54, 1.807) is 44.2 Å². The number of ether oxygens (including phenoxy) is 6. The summed E-state index contributed by atoms with van der Waals surface area (Å²) >= 11 is 14.2. The standard InChI is InChI=1S/C72H77Cl2N9O25/c1-28(2)16-41(83-102-27-30-8-6-5-7-9-30)65(95)81-55-57(89)32-11-14-44(38(73)18-32)104-46-20-34-21-47(61(46)108-71-62(60(92)59(91)48(26-84)106-71)107-50-25-72(4,76)63(93)29(3)103-50)105-45-15-12-33(19-39(45)74)58(90)56-69(99)80-54(70(100)101)37-22-35(85)23-43(87)51(37)36-17-31(10-13-42(36)86)52(66(96)82-56)79-67(97)53(34)78-64(94)40(24-49(75)88)77-68(55)98/h5-15,17-23,28-29,40,48,50,52-60,62-63,71,84-87,89-93H,16,24-27,76H2,1-4H3,(H2,75,88)(H,77,98)(H,78,94)(H,79,97)(H,80,99)(H,81,95)(H,82,96)(H,100,101)/b83-41+/t29-,40-,48+,50-,52+,53+,54-,55+,56-,57+,58+,59+,60-,62+,63+,71-,72-/m0/s1. The summed E-state index contributed by atoms with van der Waals surface area (Å²) < 4.78 is 38.4. The van der Waals surface area contributed by atoms with Gasteiger partial charge in [-0.2, -0.15) is 0 Å². The fraction of sp³-hybridized carbons (Fsp3) is 0.375. The minimum Gasteiger partial charge on any atom is -0.508 e. The van der Waals surface area contributed by atoms with Crippen molar-refractivity contribution >= 4 is 76.2 Å². The van der Waals surface area contributed by atoms with Crippen LogP contribution >= 0.6 is 23.2 Å². The first-order valence-electron chi connectivity index (χ1n) is 33.7. The van der Waals surface area contributed by atoms with Crippen molar-refractivity contribution in [1.29, 1.82) is 0 Å². The van der Waals surface area contributed by atoms with Gasteiger partial charge in [0.05, 0.1) is 35.3 Å². The van der Waals surface area contributed by atoms with E-state index in [0.29, 0.717) is 5.56 Å². The molecule has 0 aliphatic carbocycles. The van der Waals surface area contributed by atoms with Gasteiger partial charge in [-0.25, -0.2) is 4.79 Å². The number of aliphatic hydroxyl groups excluding tert-OH is 6.